The van der Waals surface area contributed by atoms with Crippen molar-refractivity contribution in [1.29, 1.82) is 0 Å². The highest BCUT2D eigenvalue weighted by molar-refractivity contribution is 7.14. The van der Waals surface area contributed by atoms with Gasteiger partial charge in [-0.25, -0.2) is 4.98 Å². The lowest BCUT2D eigenvalue weighted by atomic mass is 9.70. The molecule has 0 aliphatic rings. The van der Waals surface area contributed by atoms with Crippen LogP contribution in [0.25, 0.3) is 0 Å². The largest absolute Gasteiger partial charge is 0.496 e. The molecule has 1 unspecified atom stereocenters. The number of hydrogen-bond donors (Lipinski definition) is 1. The number of benzene rings is 2. The summed E-state index contributed by atoms with van der Waals surface area (Å²) in [5.41, 5.74) is 2.23. The van der Waals surface area contributed by atoms with Crippen LogP contribution in [0.2, 0.25) is 0 Å². The third-order valence-corrected chi connectivity index (χ3v) is 6.14. The lowest BCUT2D eigenvalue weighted by Gasteiger charge is -2.34. The van der Waals surface area contributed by atoms with Crippen LogP contribution in [0.3, 0.4) is 0 Å². The number of rotatable bonds is 6. The molecule has 158 valence electrons. The standard InChI is InChI=1S/C25H30N2O2S/c1-24(2,3)20-16-30-23(26-20)27-22(28)25(4,5)21(17-12-8-7-9-13-17)18-14-10-11-15-19(18)29-6/h7-16,21H,1-6H3,(H,26,27,28). The van der Waals surface area contributed by atoms with Crippen molar-refractivity contribution >= 4 is 22.4 Å². The summed E-state index contributed by atoms with van der Waals surface area (Å²) in [4.78, 5) is 18.1. The maximum absolute atomic E-state index is 13.5. The van der Waals surface area contributed by atoms with Crippen LogP contribution in [0, 0.1) is 5.41 Å². The summed E-state index contributed by atoms with van der Waals surface area (Å²) in [6, 6.07) is 18.0. The number of anilines is 1. The van der Waals surface area contributed by atoms with E-state index in [1.807, 2.05) is 61.7 Å². The molecule has 1 atom stereocenters. The highest BCUT2D eigenvalue weighted by Crippen LogP contribution is 2.45. The smallest absolute Gasteiger partial charge is 0.232 e. The predicted molar refractivity (Wildman–Crippen MR) is 125 cm³/mol. The second kappa shape index (κ2) is 8.60. The molecule has 0 radical (unpaired) electrons. The molecule has 0 fully saturated rings. The van der Waals surface area contributed by atoms with E-state index in [0.717, 1.165) is 22.6 Å². The van der Waals surface area contributed by atoms with E-state index in [0.29, 0.717) is 5.13 Å². The SMILES string of the molecule is COc1ccccc1C(c1ccccc1)C(C)(C)C(=O)Nc1nc(C(C)(C)C)cs1. The van der Waals surface area contributed by atoms with Crippen molar-refractivity contribution in [2.75, 3.05) is 12.4 Å². The molecule has 5 heteroatoms. The molecule has 1 aromatic heterocycles. The second-order valence-electron chi connectivity index (χ2n) is 9.05. The molecular weight excluding hydrogens is 392 g/mol. The second-order valence-corrected chi connectivity index (χ2v) is 9.91. The monoisotopic (exact) mass is 422 g/mol. The summed E-state index contributed by atoms with van der Waals surface area (Å²) in [6.07, 6.45) is 0. The molecule has 1 amide bonds. The zero-order valence-corrected chi connectivity index (χ0v) is 19.3. The first-order chi connectivity index (χ1) is 14.1. The van der Waals surface area contributed by atoms with E-state index in [1.165, 1.54) is 11.3 Å². The van der Waals surface area contributed by atoms with Gasteiger partial charge in [0.25, 0.3) is 0 Å². The third-order valence-electron chi connectivity index (χ3n) is 5.38. The van der Waals surface area contributed by atoms with Crippen LogP contribution < -0.4 is 10.1 Å². The highest BCUT2D eigenvalue weighted by Gasteiger charge is 2.40. The van der Waals surface area contributed by atoms with Crippen molar-refractivity contribution in [1.82, 2.24) is 4.98 Å². The Hall–Kier alpha value is -2.66. The Morgan fingerprint density at radius 3 is 2.23 bits per heavy atom. The predicted octanol–water partition coefficient (Wildman–Crippen LogP) is 6.25. The van der Waals surface area contributed by atoms with Gasteiger partial charge in [-0.15, -0.1) is 11.3 Å². The zero-order valence-electron chi connectivity index (χ0n) is 18.5. The molecule has 0 spiro atoms. The van der Waals surface area contributed by atoms with Gasteiger partial charge in [0.2, 0.25) is 5.91 Å². The molecule has 0 aliphatic heterocycles. The molecule has 0 saturated heterocycles. The minimum absolute atomic E-state index is 0.0566. The van der Waals surface area contributed by atoms with E-state index in [-0.39, 0.29) is 17.2 Å². The number of ether oxygens (including phenoxy) is 1. The van der Waals surface area contributed by atoms with Gasteiger partial charge < -0.3 is 10.1 Å². The van der Waals surface area contributed by atoms with Gasteiger partial charge in [0, 0.05) is 22.3 Å². The lowest BCUT2D eigenvalue weighted by molar-refractivity contribution is -0.124. The van der Waals surface area contributed by atoms with Gasteiger partial charge in [-0.3, -0.25) is 4.79 Å². The fourth-order valence-electron chi connectivity index (χ4n) is 3.60. The number of nitrogens with one attached hydrogen (secondary N) is 1. The van der Waals surface area contributed by atoms with Crippen molar-refractivity contribution in [3.63, 3.8) is 0 Å². The number of carbonyl (C=O) groups excluding carboxylic acids is 1. The molecule has 1 N–H and O–H groups in total. The minimum Gasteiger partial charge on any atom is -0.496 e. The van der Waals surface area contributed by atoms with E-state index in [4.69, 9.17) is 4.74 Å². The first-order valence-electron chi connectivity index (χ1n) is 10.1. The van der Waals surface area contributed by atoms with Gasteiger partial charge in [-0.05, 0) is 11.6 Å². The molecule has 3 rings (SSSR count). The Balaban J connectivity index is 1.99. The molecule has 0 bridgehead atoms. The molecule has 0 saturated carbocycles. The van der Waals surface area contributed by atoms with E-state index in [2.05, 4.69) is 43.2 Å². The average molecular weight is 423 g/mol. The van der Waals surface area contributed by atoms with Gasteiger partial charge in [0.1, 0.15) is 5.75 Å². The first-order valence-corrected chi connectivity index (χ1v) is 11.0. The number of hydrogen-bond acceptors (Lipinski definition) is 4. The van der Waals surface area contributed by atoms with Gasteiger partial charge in [-0.2, -0.15) is 0 Å². The number of para-hydroxylation sites is 1. The molecular formula is C25H30N2O2S. The van der Waals surface area contributed by atoms with Crippen LogP contribution in [0.15, 0.2) is 60.0 Å². The third kappa shape index (κ3) is 4.57. The molecule has 0 aliphatic carbocycles. The quantitative estimate of drug-likeness (QED) is 0.511. The summed E-state index contributed by atoms with van der Waals surface area (Å²) in [6.45, 7) is 10.3. The van der Waals surface area contributed by atoms with Gasteiger partial charge >= 0.3 is 0 Å². The normalized spacial score (nSPS) is 13.0. The van der Waals surface area contributed by atoms with E-state index in [9.17, 15) is 4.79 Å². The molecule has 2 aromatic carbocycles. The van der Waals surface area contributed by atoms with Crippen LogP contribution in [0.5, 0.6) is 5.75 Å². The van der Waals surface area contributed by atoms with E-state index >= 15 is 0 Å². The number of carbonyl (C=O) groups is 1. The molecule has 3 aromatic rings. The molecule has 4 nitrogen and oxygen atoms in total. The fraction of sp³-hybridized carbons (Fsp3) is 0.360. The summed E-state index contributed by atoms with van der Waals surface area (Å²) in [7, 11) is 1.66. The summed E-state index contributed by atoms with van der Waals surface area (Å²) < 4.78 is 5.64. The number of thiazole rings is 1. The minimum atomic E-state index is -0.746. The zero-order chi connectivity index (χ0) is 21.9. The van der Waals surface area contributed by atoms with E-state index < -0.39 is 5.41 Å². The Morgan fingerprint density at radius 2 is 1.63 bits per heavy atom. The van der Waals surface area contributed by atoms with Crippen molar-refractivity contribution in [3.8, 4) is 5.75 Å². The Labute approximate surface area is 183 Å². The molecule has 1 heterocycles. The van der Waals surface area contributed by atoms with Crippen LogP contribution in [0.4, 0.5) is 5.13 Å². The fourth-order valence-corrected chi connectivity index (χ4v) is 4.53. The average Bonchev–Trinajstić information content (AvgIpc) is 3.18. The van der Waals surface area contributed by atoms with Crippen LogP contribution in [-0.4, -0.2) is 18.0 Å². The number of methoxy groups -OCH3 is 1. The van der Waals surface area contributed by atoms with E-state index in [1.54, 1.807) is 7.11 Å². The Bertz CT molecular complexity index is 1000. The van der Waals surface area contributed by atoms with Crippen LogP contribution in [-0.2, 0) is 10.2 Å². The first kappa shape index (κ1) is 22.0. The summed E-state index contributed by atoms with van der Waals surface area (Å²) in [5, 5.41) is 5.70. The van der Waals surface area contributed by atoms with Crippen molar-refractivity contribution < 1.29 is 9.53 Å². The van der Waals surface area contributed by atoms with Crippen LogP contribution in [0.1, 0.15) is 57.4 Å². The van der Waals surface area contributed by atoms with Gasteiger partial charge in [0.05, 0.1) is 18.2 Å². The van der Waals surface area contributed by atoms with Gasteiger partial charge in [-0.1, -0.05) is 83.1 Å². The number of amides is 1. The Kier molecular flexibility index (Phi) is 6.32. The summed E-state index contributed by atoms with van der Waals surface area (Å²) in [5.74, 6) is 0.519. The Morgan fingerprint density at radius 1 is 1.00 bits per heavy atom. The van der Waals surface area contributed by atoms with Gasteiger partial charge in [0.15, 0.2) is 5.13 Å². The number of aromatic nitrogens is 1. The van der Waals surface area contributed by atoms with Crippen molar-refractivity contribution in [3.05, 3.63) is 76.8 Å². The summed E-state index contributed by atoms with van der Waals surface area (Å²) >= 11 is 1.46. The van der Waals surface area contributed by atoms with Crippen molar-refractivity contribution in [2.24, 2.45) is 5.41 Å². The number of nitrogens with zero attached hydrogens (tertiary/aromatic N) is 1. The topological polar surface area (TPSA) is 51.2 Å². The highest BCUT2D eigenvalue weighted by atomic mass is 32.1. The lowest BCUT2D eigenvalue weighted by Crippen LogP contribution is -2.37. The van der Waals surface area contributed by atoms with Crippen molar-refractivity contribution in [2.45, 2.75) is 46.0 Å². The maximum atomic E-state index is 13.5. The molecule has 30 heavy (non-hydrogen) atoms. The maximum Gasteiger partial charge on any atom is 0.232 e. The van der Waals surface area contributed by atoms with Crippen LogP contribution >= 0.6 is 11.3 Å².